The van der Waals surface area contributed by atoms with Gasteiger partial charge in [0.05, 0.1) is 4.47 Å². The van der Waals surface area contributed by atoms with Crippen molar-refractivity contribution in [2.24, 2.45) is 5.92 Å². The van der Waals surface area contributed by atoms with Gasteiger partial charge in [-0.25, -0.2) is 0 Å². The number of rotatable bonds is 2. The van der Waals surface area contributed by atoms with E-state index in [2.05, 4.69) is 15.9 Å². The van der Waals surface area contributed by atoms with Crippen LogP contribution in [0.15, 0.2) is 22.7 Å². The second kappa shape index (κ2) is 5.76. The van der Waals surface area contributed by atoms with Crippen LogP contribution in [-0.4, -0.2) is 28.5 Å². The predicted molar refractivity (Wildman–Crippen MR) is 81.8 cm³/mol. The smallest absolute Gasteiger partial charge is 0.254 e. The molecule has 1 atom stereocenters. The van der Waals surface area contributed by atoms with Gasteiger partial charge in [-0.2, -0.15) is 0 Å². The van der Waals surface area contributed by atoms with Crippen LogP contribution < -0.4 is 0 Å². The third-order valence-corrected chi connectivity index (χ3v) is 5.37. The van der Waals surface area contributed by atoms with Gasteiger partial charge in [-0.15, -0.1) is 0 Å². The fourth-order valence-electron chi connectivity index (χ4n) is 3.69. The molecule has 1 amide bonds. The lowest BCUT2D eigenvalue weighted by Gasteiger charge is -2.29. The van der Waals surface area contributed by atoms with Crippen LogP contribution in [0.1, 0.15) is 48.9 Å². The molecule has 0 bridgehead atoms. The number of phenols is 1. The number of hydrogen-bond donors (Lipinski definition) is 1. The van der Waals surface area contributed by atoms with Gasteiger partial charge >= 0.3 is 0 Å². The summed E-state index contributed by atoms with van der Waals surface area (Å²) in [6, 6.07) is 5.51. The van der Waals surface area contributed by atoms with E-state index in [-0.39, 0.29) is 11.7 Å². The third kappa shape index (κ3) is 2.58. The van der Waals surface area contributed by atoms with Crippen LogP contribution in [0.25, 0.3) is 0 Å². The number of phenolic OH excluding ortho intramolecular Hbond substituents is 1. The van der Waals surface area contributed by atoms with Crippen LogP contribution in [0.2, 0.25) is 0 Å². The molecule has 1 unspecified atom stereocenters. The van der Waals surface area contributed by atoms with Crippen LogP contribution in [0.3, 0.4) is 0 Å². The molecule has 2 aliphatic rings. The summed E-state index contributed by atoms with van der Waals surface area (Å²) in [5.41, 5.74) is 0.593. The molecule has 0 aromatic heterocycles. The molecular weight excluding hydrogens is 318 g/mol. The van der Waals surface area contributed by atoms with E-state index in [1.54, 1.807) is 18.2 Å². The third-order valence-electron chi connectivity index (χ3n) is 4.70. The minimum atomic E-state index is 0.0715. The van der Waals surface area contributed by atoms with Crippen molar-refractivity contribution < 1.29 is 9.90 Å². The van der Waals surface area contributed by atoms with Crippen molar-refractivity contribution in [1.82, 2.24) is 4.90 Å². The zero-order chi connectivity index (χ0) is 14.1. The molecule has 3 nitrogen and oxygen atoms in total. The highest BCUT2D eigenvalue weighted by atomic mass is 79.9. The van der Waals surface area contributed by atoms with Gasteiger partial charge in [0.15, 0.2) is 0 Å². The predicted octanol–water partition coefficient (Wildman–Crippen LogP) is 3.95. The van der Waals surface area contributed by atoms with E-state index in [4.69, 9.17) is 0 Å². The SMILES string of the molecule is O=C(c1ccc(Br)c(O)c1)N1CCCC1C1CCCC1. The molecule has 1 N–H and O–H groups in total. The second-order valence-corrected chi connectivity index (χ2v) is 6.77. The number of carbonyl (C=O) groups excluding carboxylic acids is 1. The minimum absolute atomic E-state index is 0.0715. The van der Waals surface area contributed by atoms with Gasteiger partial charge in [0.2, 0.25) is 0 Å². The van der Waals surface area contributed by atoms with Crippen LogP contribution in [-0.2, 0) is 0 Å². The molecule has 1 aliphatic heterocycles. The fraction of sp³-hybridized carbons (Fsp3) is 0.562. The number of nitrogens with zero attached hydrogens (tertiary/aromatic N) is 1. The molecular formula is C16H20BrNO2. The molecule has 1 aromatic carbocycles. The number of amides is 1. The molecule has 4 heteroatoms. The van der Waals surface area contributed by atoms with Crippen molar-refractivity contribution in [3.05, 3.63) is 28.2 Å². The number of halogens is 1. The lowest BCUT2D eigenvalue weighted by molar-refractivity contribution is 0.0688. The largest absolute Gasteiger partial charge is 0.507 e. The van der Waals surface area contributed by atoms with Crippen molar-refractivity contribution in [2.75, 3.05) is 6.54 Å². The van der Waals surface area contributed by atoms with Crippen molar-refractivity contribution in [2.45, 2.75) is 44.6 Å². The second-order valence-electron chi connectivity index (χ2n) is 5.92. The lowest BCUT2D eigenvalue weighted by atomic mass is 9.95. The maximum Gasteiger partial charge on any atom is 0.254 e. The first-order chi connectivity index (χ1) is 9.66. The van der Waals surface area contributed by atoms with Crippen LogP contribution in [0, 0.1) is 5.92 Å². The van der Waals surface area contributed by atoms with E-state index in [1.807, 2.05) is 4.90 Å². The minimum Gasteiger partial charge on any atom is -0.507 e. The maximum absolute atomic E-state index is 12.7. The summed E-state index contributed by atoms with van der Waals surface area (Å²) < 4.78 is 0.628. The summed E-state index contributed by atoms with van der Waals surface area (Å²) in [5.74, 6) is 0.889. The molecule has 20 heavy (non-hydrogen) atoms. The number of aromatic hydroxyl groups is 1. The van der Waals surface area contributed by atoms with Crippen molar-refractivity contribution in [3.63, 3.8) is 0 Å². The first-order valence-electron chi connectivity index (χ1n) is 7.46. The molecule has 1 aliphatic carbocycles. The molecule has 1 saturated heterocycles. The van der Waals surface area contributed by atoms with Crippen LogP contribution in [0.5, 0.6) is 5.75 Å². The van der Waals surface area contributed by atoms with E-state index >= 15 is 0 Å². The monoisotopic (exact) mass is 337 g/mol. The Morgan fingerprint density at radius 1 is 1.20 bits per heavy atom. The molecule has 1 aromatic rings. The Morgan fingerprint density at radius 2 is 1.95 bits per heavy atom. The Bertz CT molecular complexity index is 511. The number of likely N-dealkylation sites (tertiary alicyclic amines) is 1. The first-order valence-corrected chi connectivity index (χ1v) is 8.25. The van der Waals surface area contributed by atoms with E-state index in [9.17, 15) is 9.90 Å². The summed E-state index contributed by atoms with van der Waals surface area (Å²) in [5, 5.41) is 9.75. The Labute approximate surface area is 128 Å². The standard InChI is InChI=1S/C16H20BrNO2/c17-13-8-7-12(10-15(13)19)16(20)18-9-3-6-14(18)11-4-1-2-5-11/h7-8,10-11,14,19H,1-6,9H2. The zero-order valence-electron chi connectivity index (χ0n) is 11.5. The average molecular weight is 338 g/mol. The van der Waals surface area contributed by atoms with Gasteiger partial charge in [-0.3, -0.25) is 4.79 Å². The van der Waals surface area contributed by atoms with E-state index < -0.39 is 0 Å². The van der Waals surface area contributed by atoms with Crippen LogP contribution >= 0.6 is 15.9 Å². The Morgan fingerprint density at radius 3 is 2.65 bits per heavy atom. The van der Waals surface area contributed by atoms with Crippen molar-refractivity contribution in [1.29, 1.82) is 0 Å². The summed E-state index contributed by atoms with van der Waals surface area (Å²) in [6.45, 7) is 0.858. The van der Waals surface area contributed by atoms with Crippen molar-refractivity contribution in [3.8, 4) is 5.75 Å². The highest BCUT2D eigenvalue weighted by Crippen LogP contribution is 2.36. The van der Waals surface area contributed by atoms with Gasteiger partial charge < -0.3 is 10.0 Å². The average Bonchev–Trinajstić information content (AvgIpc) is 3.10. The molecule has 0 radical (unpaired) electrons. The Balaban J connectivity index is 1.79. The van der Waals surface area contributed by atoms with Gasteiger partial charge in [0.1, 0.15) is 5.75 Å². The lowest BCUT2D eigenvalue weighted by Crippen LogP contribution is -2.39. The number of benzene rings is 1. The zero-order valence-corrected chi connectivity index (χ0v) is 13.1. The summed E-state index contributed by atoms with van der Waals surface area (Å²) in [7, 11) is 0. The van der Waals surface area contributed by atoms with E-state index in [0.717, 1.165) is 19.4 Å². The molecule has 1 heterocycles. The molecule has 2 fully saturated rings. The summed E-state index contributed by atoms with van der Waals surface area (Å²) >= 11 is 3.25. The number of carbonyl (C=O) groups is 1. The fourth-order valence-corrected chi connectivity index (χ4v) is 3.94. The van der Waals surface area contributed by atoms with Gasteiger partial charge in [0, 0.05) is 18.2 Å². The topological polar surface area (TPSA) is 40.5 Å². The number of hydrogen-bond acceptors (Lipinski definition) is 2. The quantitative estimate of drug-likeness (QED) is 0.887. The Kier molecular flexibility index (Phi) is 4.01. The van der Waals surface area contributed by atoms with Gasteiger partial charge in [-0.05, 0) is 65.7 Å². The molecule has 0 spiro atoms. The van der Waals surface area contributed by atoms with Gasteiger partial charge in [-0.1, -0.05) is 12.8 Å². The van der Waals surface area contributed by atoms with Gasteiger partial charge in [0.25, 0.3) is 5.91 Å². The normalized spacial score (nSPS) is 23.4. The van der Waals surface area contributed by atoms with Crippen molar-refractivity contribution >= 4 is 21.8 Å². The summed E-state index contributed by atoms with van der Waals surface area (Å²) in [6.07, 6.45) is 7.39. The van der Waals surface area contributed by atoms with Crippen LogP contribution in [0.4, 0.5) is 0 Å². The summed E-state index contributed by atoms with van der Waals surface area (Å²) in [4.78, 5) is 14.7. The highest BCUT2D eigenvalue weighted by Gasteiger charge is 2.36. The van der Waals surface area contributed by atoms with E-state index in [1.165, 1.54) is 25.7 Å². The maximum atomic E-state index is 12.7. The van der Waals surface area contributed by atoms with E-state index in [0.29, 0.717) is 22.0 Å². The first kappa shape index (κ1) is 13.9. The molecule has 3 rings (SSSR count). The molecule has 108 valence electrons. The molecule has 1 saturated carbocycles. The highest BCUT2D eigenvalue weighted by molar-refractivity contribution is 9.10. The Hall–Kier alpha value is -1.03.